The first-order chi connectivity index (χ1) is 7.33. The van der Waals surface area contributed by atoms with Crippen LogP contribution in [0.25, 0.3) is 0 Å². The van der Waals surface area contributed by atoms with Gasteiger partial charge in [0.05, 0.1) is 0 Å². The molecule has 1 aliphatic heterocycles. The van der Waals surface area contributed by atoms with Crippen molar-refractivity contribution >= 4 is 5.91 Å². The van der Waals surface area contributed by atoms with E-state index in [1.165, 1.54) is 0 Å². The van der Waals surface area contributed by atoms with Crippen LogP contribution in [-0.2, 0) is 0 Å². The number of likely N-dealkylation sites (tertiary alicyclic amines) is 1. The fraction of sp³-hybridized carbons (Fsp3) is 0.455. The van der Waals surface area contributed by atoms with Crippen molar-refractivity contribution in [2.75, 3.05) is 13.1 Å². The molecule has 0 saturated carbocycles. The second-order valence-corrected chi connectivity index (χ2v) is 3.75. The van der Waals surface area contributed by atoms with E-state index in [-0.39, 0.29) is 11.9 Å². The molecule has 2 heterocycles. The predicted molar refractivity (Wildman–Crippen MR) is 57.3 cm³/mol. The van der Waals surface area contributed by atoms with Crippen molar-refractivity contribution in [3.8, 4) is 0 Å². The largest absolute Gasteiger partial charge is 0.333 e. The zero-order chi connectivity index (χ0) is 10.7. The molecule has 15 heavy (non-hydrogen) atoms. The van der Waals surface area contributed by atoms with Crippen LogP contribution in [0.3, 0.4) is 0 Å². The first-order valence-corrected chi connectivity index (χ1v) is 5.25. The van der Waals surface area contributed by atoms with Crippen molar-refractivity contribution in [2.24, 2.45) is 5.73 Å². The fourth-order valence-electron chi connectivity index (χ4n) is 1.98. The van der Waals surface area contributed by atoms with E-state index in [0.717, 1.165) is 19.4 Å². The maximum atomic E-state index is 12.0. The highest BCUT2D eigenvalue weighted by Crippen LogP contribution is 2.18. The van der Waals surface area contributed by atoms with E-state index in [0.29, 0.717) is 12.2 Å². The normalized spacial score (nSPS) is 20.6. The van der Waals surface area contributed by atoms with Crippen LogP contribution in [0, 0.1) is 0 Å². The van der Waals surface area contributed by atoms with Crippen LogP contribution in [0.1, 0.15) is 23.3 Å². The third-order valence-electron chi connectivity index (χ3n) is 2.79. The van der Waals surface area contributed by atoms with Gasteiger partial charge >= 0.3 is 0 Å². The van der Waals surface area contributed by atoms with Gasteiger partial charge in [0.15, 0.2) is 0 Å². The summed E-state index contributed by atoms with van der Waals surface area (Å²) in [5, 5.41) is 0. The van der Waals surface area contributed by atoms with Crippen LogP contribution >= 0.6 is 0 Å². The SMILES string of the molecule is NCC1CCCN1C(=O)c1ccccn1. The van der Waals surface area contributed by atoms with Crippen molar-refractivity contribution in [3.63, 3.8) is 0 Å². The summed E-state index contributed by atoms with van der Waals surface area (Å²) in [5.41, 5.74) is 6.14. The summed E-state index contributed by atoms with van der Waals surface area (Å²) in [6.45, 7) is 1.34. The maximum absolute atomic E-state index is 12.0. The van der Waals surface area contributed by atoms with Gasteiger partial charge < -0.3 is 10.6 Å². The van der Waals surface area contributed by atoms with E-state index in [1.807, 2.05) is 11.0 Å². The second-order valence-electron chi connectivity index (χ2n) is 3.75. The molecule has 1 aliphatic rings. The fourth-order valence-corrected chi connectivity index (χ4v) is 1.98. The Balaban J connectivity index is 2.14. The number of hydrogen-bond donors (Lipinski definition) is 1. The number of nitrogens with two attached hydrogens (primary N) is 1. The Labute approximate surface area is 89.1 Å². The molecule has 1 aromatic heterocycles. The number of amides is 1. The molecule has 0 bridgehead atoms. The van der Waals surface area contributed by atoms with Gasteiger partial charge in [-0.1, -0.05) is 6.07 Å². The number of carbonyl (C=O) groups excluding carboxylic acids is 1. The molecule has 1 saturated heterocycles. The summed E-state index contributed by atoms with van der Waals surface area (Å²) < 4.78 is 0. The number of carbonyl (C=O) groups is 1. The van der Waals surface area contributed by atoms with Crippen molar-refractivity contribution in [3.05, 3.63) is 30.1 Å². The van der Waals surface area contributed by atoms with E-state index in [2.05, 4.69) is 4.98 Å². The van der Waals surface area contributed by atoms with Gasteiger partial charge in [-0.2, -0.15) is 0 Å². The molecule has 1 amide bonds. The summed E-state index contributed by atoms with van der Waals surface area (Å²) in [6.07, 6.45) is 3.69. The molecule has 2 N–H and O–H groups in total. The van der Waals surface area contributed by atoms with Crippen molar-refractivity contribution < 1.29 is 4.79 Å². The first kappa shape index (κ1) is 10.1. The molecule has 4 heteroatoms. The minimum atomic E-state index is 0.00329. The van der Waals surface area contributed by atoms with Gasteiger partial charge in [0, 0.05) is 25.3 Å². The molecule has 2 rings (SSSR count). The Hall–Kier alpha value is -1.42. The lowest BCUT2D eigenvalue weighted by molar-refractivity contribution is 0.0735. The van der Waals surface area contributed by atoms with E-state index in [4.69, 9.17) is 5.73 Å². The van der Waals surface area contributed by atoms with E-state index >= 15 is 0 Å². The highest BCUT2D eigenvalue weighted by Gasteiger charge is 2.28. The Morgan fingerprint density at radius 3 is 3.13 bits per heavy atom. The van der Waals surface area contributed by atoms with Crippen molar-refractivity contribution in [1.82, 2.24) is 9.88 Å². The summed E-state index contributed by atoms with van der Waals surface area (Å²) in [7, 11) is 0. The maximum Gasteiger partial charge on any atom is 0.272 e. The second kappa shape index (κ2) is 4.40. The van der Waals surface area contributed by atoms with E-state index in [1.54, 1.807) is 18.3 Å². The van der Waals surface area contributed by atoms with Crippen LogP contribution in [0.15, 0.2) is 24.4 Å². The predicted octanol–water partition coefficient (Wildman–Crippen LogP) is 0.645. The Morgan fingerprint density at radius 1 is 1.60 bits per heavy atom. The number of pyridine rings is 1. The summed E-state index contributed by atoms with van der Waals surface area (Å²) >= 11 is 0. The number of nitrogens with zero attached hydrogens (tertiary/aromatic N) is 2. The molecule has 80 valence electrons. The minimum absolute atomic E-state index is 0.00329. The number of rotatable bonds is 2. The van der Waals surface area contributed by atoms with Crippen LogP contribution in [0.4, 0.5) is 0 Å². The Bertz CT molecular complexity index is 339. The highest BCUT2D eigenvalue weighted by molar-refractivity contribution is 5.92. The molecular weight excluding hydrogens is 190 g/mol. The smallest absolute Gasteiger partial charge is 0.272 e. The Kier molecular flexibility index (Phi) is 2.97. The average Bonchev–Trinajstić information content (AvgIpc) is 2.77. The molecule has 1 unspecified atom stereocenters. The van der Waals surface area contributed by atoms with Crippen molar-refractivity contribution in [1.29, 1.82) is 0 Å². The first-order valence-electron chi connectivity index (χ1n) is 5.25. The van der Waals surface area contributed by atoms with Gasteiger partial charge in [-0.25, -0.2) is 0 Å². The van der Waals surface area contributed by atoms with Gasteiger partial charge in [0.25, 0.3) is 5.91 Å². The van der Waals surface area contributed by atoms with Gasteiger partial charge in [-0.3, -0.25) is 9.78 Å². The number of hydrogen-bond acceptors (Lipinski definition) is 3. The summed E-state index contributed by atoms with van der Waals surface area (Å²) in [6, 6.07) is 5.57. The average molecular weight is 205 g/mol. The minimum Gasteiger partial charge on any atom is -0.333 e. The molecule has 0 aliphatic carbocycles. The third-order valence-corrected chi connectivity index (χ3v) is 2.79. The topological polar surface area (TPSA) is 59.2 Å². The van der Waals surface area contributed by atoms with Crippen LogP contribution < -0.4 is 5.73 Å². The van der Waals surface area contributed by atoms with Crippen LogP contribution in [0.2, 0.25) is 0 Å². The lowest BCUT2D eigenvalue weighted by Gasteiger charge is -2.22. The van der Waals surface area contributed by atoms with E-state index in [9.17, 15) is 4.79 Å². The molecule has 4 nitrogen and oxygen atoms in total. The van der Waals surface area contributed by atoms with Gasteiger partial charge in [-0.05, 0) is 25.0 Å². The molecule has 1 atom stereocenters. The molecular formula is C11H15N3O. The zero-order valence-electron chi connectivity index (χ0n) is 8.60. The standard InChI is InChI=1S/C11H15N3O/c12-8-9-4-3-7-14(9)11(15)10-5-1-2-6-13-10/h1-2,5-6,9H,3-4,7-8,12H2. The summed E-state index contributed by atoms with van der Waals surface area (Å²) in [4.78, 5) is 17.9. The molecule has 1 aromatic rings. The quantitative estimate of drug-likeness (QED) is 0.771. The lowest BCUT2D eigenvalue weighted by Crippen LogP contribution is -2.40. The zero-order valence-corrected chi connectivity index (χ0v) is 8.60. The van der Waals surface area contributed by atoms with Gasteiger partial charge in [0.1, 0.15) is 5.69 Å². The highest BCUT2D eigenvalue weighted by atomic mass is 16.2. The Morgan fingerprint density at radius 2 is 2.47 bits per heavy atom. The third kappa shape index (κ3) is 1.99. The van der Waals surface area contributed by atoms with Crippen LogP contribution in [0.5, 0.6) is 0 Å². The van der Waals surface area contributed by atoms with Crippen LogP contribution in [-0.4, -0.2) is 34.9 Å². The lowest BCUT2D eigenvalue weighted by atomic mass is 10.2. The molecule has 1 fully saturated rings. The van der Waals surface area contributed by atoms with Gasteiger partial charge in [0.2, 0.25) is 0 Å². The van der Waals surface area contributed by atoms with Crippen molar-refractivity contribution in [2.45, 2.75) is 18.9 Å². The molecule has 0 aromatic carbocycles. The summed E-state index contributed by atoms with van der Waals surface area (Å²) in [5.74, 6) is 0.00329. The van der Waals surface area contributed by atoms with Gasteiger partial charge in [-0.15, -0.1) is 0 Å². The molecule has 0 radical (unpaired) electrons. The number of aromatic nitrogens is 1. The molecule has 0 spiro atoms. The monoisotopic (exact) mass is 205 g/mol. The van der Waals surface area contributed by atoms with E-state index < -0.39 is 0 Å².